The first-order valence-electron chi connectivity index (χ1n) is 7.65. The van der Waals surface area contributed by atoms with Crippen molar-refractivity contribution in [2.24, 2.45) is 0 Å². The predicted octanol–water partition coefficient (Wildman–Crippen LogP) is 2.82. The average Bonchev–Trinajstić information content (AvgIpc) is 3.31. The lowest BCUT2D eigenvalue weighted by Crippen LogP contribution is -2.30. The normalized spacial score (nSPS) is 15.5. The summed E-state index contributed by atoms with van der Waals surface area (Å²) in [5, 5.41) is 7.75. The molecule has 5 nitrogen and oxygen atoms in total. The first kappa shape index (κ1) is 15.1. The molecule has 6 heteroatoms. The lowest BCUT2D eigenvalue weighted by molar-refractivity contribution is -0.120. The van der Waals surface area contributed by atoms with E-state index in [2.05, 4.69) is 20.6 Å². The Kier molecular flexibility index (Phi) is 4.47. The summed E-state index contributed by atoms with van der Waals surface area (Å²) in [4.78, 5) is 21.1. The van der Waals surface area contributed by atoms with Crippen LogP contribution in [0.25, 0.3) is 10.9 Å². The number of amides is 1. The summed E-state index contributed by atoms with van der Waals surface area (Å²) in [5.41, 5.74) is 0.909. The maximum absolute atomic E-state index is 11.9. The molecule has 1 amide bonds. The minimum absolute atomic E-state index is 0.0148. The molecule has 3 rings (SSSR count). The Labute approximate surface area is 134 Å². The van der Waals surface area contributed by atoms with Gasteiger partial charge in [-0.2, -0.15) is 0 Å². The van der Waals surface area contributed by atoms with Crippen molar-refractivity contribution in [3.8, 4) is 0 Å². The summed E-state index contributed by atoms with van der Waals surface area (Å²) in [7, 11) is 0. The van der Waals surface area contributed by atoms with Crippen molar-refractivity contribution in [3.05, 3.63) is 24.3 Å². The highest BCUT2D eigenvalue weighted by molar-refractivity contribution is 8.00. The number of para-hydroxylation sites is 1. The molecule has 1 aromatic heterocycles. The second-order valence-electron chi connectivity index (χ2n) is 5.45. The minimum atomic E-state index is -0.213. The molecule has 0 saturated heterocycles. The van der Waals surface area contributed by atoms with Crippen LogP contribution in [0.5, 0.6) is 0 Å². The van der Waals surface area contributed by atoms with Gasteiger partial charge in [0.1, 0.15) is 5.82 Å². The Morgan fingerprint density at radius 2 is 2.14 bits per heavy atom. The molecule has 1 atom stereocenters. The van der Waals surface area contributed by atoms with Crippen LogP contribution in [0, 0.1) is 0 Å². The molecular formula is C16H20N4OS. The van der Waals surface area contributed by atoms with Crippen molar-refractivity contribution in [1.29, 1.82) is 0 Å². The van der Waals surface area contributed by atoms with Gasteiger partial charge in [-0.05, 0) is 38.8 Å². The van der Waals surface area contributed by atoms with E-state index in [0.29, 0.717) is 17.7 Å². The maximum atomic E-state index is 11.9. The number of nitrogens with zero attached hydrogens (tertiary/aromatic N) is 2. The number of carbonyl (C=O) groups is 1. The van der Waals surface area contributed by atoms with E-state index in [4.69, 9.17) is 0 Å². The van der Waals surface area contributed by atoms with Crippen LogP contribution < -0.4 is 10.6 Å². The van der Waals surface area contributed by atoms with Crippen LogP contribution in [0.3, 0.4) is 0 Å². The molecule has 0 unspecified atom stereocenters. The fourth-order valence-electron chi connectivity index (χ4n) is 2.17. The Bertz CT molecular complexity index is 687. The third-order valence-corrected chi connectivity index (χ3v) is 4.46. The van der Waals surface area contributed by atoms with Crippen molar-refractivity contribution in [1.82, 2.24) is 15.3 Å². The van der Waals surface area contributed by atoms with Gasteiger partial charge in [-0.1, -0.05) is 23.9 Å². The Morgan fingerprint density at radius 1 is 1.36 bits per heavy atom. The molecule has 1 aromatic carbocycles. The molecule has 2 N–H and O–H groups in total. The minimum Gasteiger partial charge on any atom is -0.367 e. The molecule has 0 radical (unpaired) electrons. The predicted molar refractivity (Wildman–Crippen MR) is 90.2 cm³/mol. The number of aromatic nitrogens is 2. The number of carbonyl (C=O) groups excluding carboxylic acids is 1. The smallest absolute Gasteiger partial charge is 0.233 e. The van der Waals surface area contributed by atoms with Crippen LogP contribution in [0.15, 0.2) is 29.4 Å². The number of benzene rings is 1. The average molecular weight is 316 g/mol. The van der Waals surface area contributed by atoms with Crippen LogP contribution in [-0.4, -0.2) is 33.7 Å². The molecule has 0 spiro atoms. The molecule has 0 bridgehead atoms. The van der Waals surface area contributed by atoms with E-state index in [0.717, 1.165) is 16.7 Å². The first-order chi connectivity index (χ1) is 10.7. The molecule has 1 aliphatic carbocycles. The zero-order valence-electron chi connectivity index (χ0n) is 12.8. The number of nitrogens with one attached hydrogen (secondary N) is 2. The van der Waals surface area contributed by atoms with E-state index in [1.54, 1.807) is 0 Å². The van der Waals surface area contributed by atoms with E-state index >= 15 is 0 Å². The van der Waals surface area contributed by atoms with Gasteiger partial charge in [0.25, 0.3) is 0 Å². The molecule has 1 heterocycles. The fraction of sp³-hybridized carbons (Fsp3) is 0.438. The number of thioether (sulfide) groups is 1. The number of hydrogen-bond acceptors (Lipinski definition) is 5. The van der Waals surface area contributed by atoms with Gasteiger partial charge in [0.05, 0.1) is 10.8 Å². The van der Waals surface area contributed by atoms with E-state index in [-0.39, 0.29) is 11.2 Å². The highest BCUT2D eigenvalue weighted by atomic mass is 32.2. The molecule has 116 valence electrons. The van der Waals surface area contributed by atoms with Gasteiger partial charge in [0.15, 0.2) is 5.16 Å². The standard InChI is InChI=1S/C16H20N4OS/c1-3-17-15(21)10(2)22-16-19-13-7-5-4-6-12(13)14(20-16)18-11-8-9-11/h4-7,10-11H,3,8-9H2,1-2H3,(H,17,21)(H,18,19,20)/t10-/m1/s1. The van der Waals surface area contributed by atoms with E-state index in [9.17, 15) is 4.79 Å². The summed E-state index contributed by atoms with van der Waals surface area (Å²) in [6.07, 6.45) is 2.38. The lowest BCUT2D eigenvalue weighted by atomic mass is 10.2. The lowest BCUT2D eigenvalue weighted by Gasteiger charge is -2.12. The Morgan fingerprint density at radius 3 is 2.86 bits per heavy atom. The maximum Gasteiger partial charge on any atom is 0.233 e. The summed E-state index contributed by atoms with van der Waals surface area (Å²) < 4.78 is 0. The third kappa shape index (κ3) is 3.50. The van der Waals surface area contributed by atoms with Crippen molar-refractivity contribution in [3.63, 3.8) is 0 Å². The third-order valence-electron chi connectivity index (χ3n) is 3.50. The van der Waals surface area contributed by atoms with Crippen molar-refractivity contribution >= 4 is 34.4 Å². The quantitative estimate of drug-likeness (QED) is 0.633. The largest absolute Gasteiger partial charge is 0.367 e. The van der Waals surface area contributed by atoms with Gasteiger partial charge < -0.3 is 10.6 Å². The van der Waals surface area contributed by atoms with Crippen LogP contribution >= 0.6 is 11.8 Å². The first-order valence-corrected chi connectivity index (χ1v) is 8.53. The zero-order chi connectivity index (χ0) is 15.5. The summed E-state index contributed by atoms with van der Waals surface area (Å²) in [6.45, 7) is 4.43. The number of rotatable bonds is 6. The van der Waals surface area contributed by atoms with Gasteiger partial charge in [0, 0.05) is 18.0 Å². The molecular weight excluding hydrogens is 296 g/mol. The van der Waals surface area contributed by atoms with Crippen LogP contribution in [-0.2, 0) is 4.79 Å². The van der Waals surface area contributed by atoms with Gasteiger partial charge in [-0.3, -0.25) is 4.79 Å². The van der Waals surface area contributed by atoms with Crippen molar-refractivity contribution in [2.45, 2.75) is 43.1 Å². The number of fused-ring (bicyclic) bond motifs is 1. The molecule has 1 fully saturated rings. The molecule has 2 aromatic rings. The van der Waals surface area contributed by atoms with E-state index < -0.39 is 0 Å². The van der Waals surface area contributed by atoms with Crippen LogP contribution in [0.1, 0.15) is 26.7 Å². The Balaban J connectivity index is 1.87. The fourth-order valence-corrected chi connectivity index (χ4v) is 2.97. The second kappa shape index (κ2) is 6.52. The number of anilines is 1. The molecule has 0 aliphatic heterocycles. The van der Waals surface area contributed by atoms with E-state index in [1.165, 1.54) is 24.6 Å². The summed E-state index contributed by atoms with van der Waals surface area (Å²) in [6, 6.07) is 8.50. The topological polar surface area (TPSA) is 66.9 Å². The molecule has 22 heavy (non-hydrogen) atoms. The highest BCUT2D eigenvalue weighted by Gasteiger charge is 2.23. The molecule has 1 saturated carbocycles. The Hall–Kier alpha value is -1.82. The SMILES string of the molecule is CCNC(=O)[C@@H](C)Sc1nc(NC2CC2)c2ccccc2n1. The zero-order valence-corrected chi connectivity index (χ0v) is 13.6. The van der Waals surface area contributed by atoms with Gasteiger partial charge >= 0.3 is 0 Å². The van der Waals surface area contributed by atoms with Crippen molar-refractivity contribution < 1.29 is 4.79 Å². The van der Waals surface area contributed by atoms with E-state index in [1.807, 2.05) is 38.1 Å². The van der Waals surface area contributed by atoms with Crippen LogP contribution in [0.4, 0.5) is 5.82 Å². The highest BCUT2D eigenvalue weighted by Crippen LogP contribution is 2.30. The van der Waals surface area contributed by atoms with Crippen molar-refractivity contribution in [2.75, 3.05) is 11.9 Å². The van der Waals surface area contributed by atoms with Gasteiger partial charge in [-0.15, -0.1) is 0 Å². The number of hydrogen-bond donors (Lipinski definition) is 2. The van der Waals surface area contributed by atoms with Gasteiger partial charge in [-0.25, -0.2) is 9.97 Å². The van der Waals surface area contributed by atoms with Gasteiger partial charge in [0.2, 0.25) is 5.91 Å². The molecule has 1 aliphatic rings. The summed E-state index contributed by atoms with van der Waals surface area (Å²) >= 11 is 1.39. The summed E-state index contributed by atoms with van der Waals surface area (Å²) in [5.74, 6) is 0.889. The second-order valence-corrected chi connectivity index (χ2v) is 6.75. The monoisotopic (exact) mass is 316 g/mol. The van der Waals surface area contributed by atoms with Crippen LogP contribution in [0.2, 0.25) is 0 Å².